The van der Waals surface area contributed by atoms with Gasteiger partial charge in [0.05, 0.1) is 13.1 Å². The molecule has 0 atom stereocenters. The zero-order valence-electron chi connectivity index (χ0n) is 37.6. The number of aryl methyl sites for hydroxylation is 3. The maximum absolute atomic E-state index is 13.1. The van der Waals surface area contributed by atoms with Gasteiger partial charge in [0.15, 0.2) is 11.2 Å². The summed E-state index contributed by atoms with van der Waals surface area (Å²) in [6.45, 7) is 16.5. The van der Waals surface area contributed by atoms with Crippen LogP contribution in [-0.2, 0) is 39.7 Å². The van der Waals surface area contributed by atoms with Crippen molar-refractivity contribution in [1.82, 2.24) is 10.6 Å². The van der Waals surface area contributed by atoms with E-state index in [4.69, 9.17) is 18.9 Å². The number of hydrogen-bond donors (Lipinski definition) is 2. The van der Waals surface area contributed by atoms with Crippen molar-refractivity contribution >= 4 is 24.1 Å². The molecule has 10 nitrogen and oxygen atoms in total. The molecule has 6 rings (SSSR count). The molecule has 0 fully saturated rings. The molecule has 2 N–H and O–H groups in total. The van der Waals surface area contributed by atoms with Crippen molar-refractivity contribution in [1.29, 1.82) is 0 Å². The number of hydrogen-bond acceptors (Lipinski definition) is 8. The Kier molecular flexibility index (Phi) is 17.2. The summed E-state index contributed by atoms with van der Waals surface area (Å²) < 4.78 is 22.5. The Morgan fingerprint density at radius 3 is 0.908 bits per heavy atom. The van der Waals surface area contributed by atoms with Gasteiger partial charge in [-0.25, -0.2) is 19.2 Å². The molecule has 0 aliphatic rings. The molecule has 0 saturated carbocycles. The van der Waals surface area contributed by atoms with E-state index < -0.39 is 35.3 Å². The highest BCUT2D eigenvalue weighted by molar-refractivity contribution is 5.87. The first-order chi connectivity index (χ1) is 31.3. The van der Waals surface area contributed by atoms with Gasteiger partial charge in [-0.2, -0.15) is 0 Å². The van der Waals surface area contributed by atoms with E-state index in [0.717, 1.165) is 50.1 Å². The number of esters is 2. The number of nitrogens with one attached hydrogen (secondary N) is 2. The largest absolute Gasteiger partial charge is 0.460 e. The molecule has 0 radical (unpaired) electrons. The Hall–Kier alpha value is -7.72. The first-order valence-corrected chi connectivity index (χ1v) is 21.2. The summed E-state index contributed by atoms with van der Waals surface area (Å²) in [7, 11) is 0. The number of rotatable bonds is 16. The molecular formula is C55H56N2O8. The normalized spacial score (nSPS) is 10.8. The Labute approximate surface area is 381 Å². The van der Waals surface area contributed by atoms with Crippen molar-refractivity contribution in [3.05, 3.63) is 238 Å². The highest BCUT2D eigenvalue weighted by Gasteiger charge is 2.42. The Morgan fingerprint density at radius 1 is 0.415 bits per heavy atom. The molecular weight excluding hydrogens is 817 g/mol. The van der Waals surface area contributed by atoms with Gasteiger partial charge in [-0.3, -0.25) is 0 Å². The number of benzene rings is 6. The van der Waals surface area contributed by atoms with E-state index in [-0.39, 0.29) is 26.3 Å². The summed E-state index contributed by atoms with van der Waals surface area (Å²) in [6, 6.07) is 52.7. The second-order valence-electron chi connectivity index (χ2n) is 15.5. The number of ether oxygens (including phenoxy) is 4. The lowest BCUT2D eigenvalue weighted by molar-refractivity contribution is -0.139. The maximum Gasteiger partial charge on any atom is 0.408 e. The van der Waals surface area contributed by atoms with Crippen LogP contribution in [0.4, 0.5) is 9.59 Å². The summed E-state index contributed by atoms with van der Waals surface area (Å²) in [4.78, 5) is 49.0. The molecule has 0 unspecified atom stereocenters. The molecule has 10 heteroatoms. The predicted molar refractivity (Wildman–Crippen MR) is 253 cm³/mol. The average Bonchev–Trinajstić information content (AvgIpc) is 3.32. The first-order valence-electron chi connectivity index (χ1n) is 21.2. The third-order valence-corrected chi connectivity index (χ3v) is 10.3. The monoisotopic (exact) mass is 872 g/mol. The van der Waals surface area contributed by atoms with E-state index in [9.17, 15) is 19.2 Å². The lowest BCUT2D eigenvalue weighted by Gasteiger charge is -2.35. The lowest BCUT2D eigenvalue weighted by Crippen LogP contribution is -2.40. The van der Waals surface area contributed by atoms with Crippen LogP contribution in [0.2, 0.25) is 0 Å². The average molecular weight is 873 g/mol. The van der Waals surface area contributed by atoms with Gasteiger partial charge >= 0.3 is 24.1 Å². The summed E-state index contributed by atoms with van der Waals surface area (Å²) in [5.74, 6) is -0.995. The topological polar surface area (TPSA) is 129 Å². The Balaban J connectivity index is 0.000000245. The van der Waals surface area contributed by atoms with Crippen LogP contribution >= 0.6 is 0 Å². The zero-order chi connectivity index (χ0) is 46.8. The Bertz CT molecular complexity index is 2310. The molecule has 6 aromatic carbocycles. The predicted octanol–water partition coefficient (Wildman–Crippen LogP) is 10.6. The number of carbonyl (C=O) groups excluding carboxylic acids is 4. The van der Waals surface area contributed by atoms with E-state index in [1.54, 1.807) is 13.8 Å². The lowest BCUT2D eigenvalue weighted by atomic mass is 9.79. The molecule has 0 aliphatic carbocycles. The van der Waals surface area contributed by atoms with Crippen LogP contribution in [0.15, 0.2) is 188 Å². The quantitative estimate of drug-likeness (QED) is 0.0323. The second-order valence-corrected chi connectivity index (χ2v) is 15.5. The van der Waals surface area contributed by atoms with Crippen LogP contribution in [0.25, 0.3) is 0 Å². The van der Waals surface area contributed by atoms with Crippen molar-refractivity contribution in [3.63, 3.8) is 0 Å². The van der Waals surface area contributed by atoms with Crippen LogP contribution < -0.4 is 10.6 Å². The second kappa shape index (κ2) is 23.1. The van der Waals surface area contributed by atoms with Gasteiger partial charge in [-0.1, -0.05) is 194 Å². The highest BCUT2D eigenvalue weighted by atomic mass is 16.6. The van der Waals surface area contributed by atoms with Gasteiger partial charge in [0.1, 0.15) is 13.2 Å². The molecule has 0 bridgehead atoms. The summed E-state index contributed by atoms with van der Waals surface area (Å²) in [5.41, 5.74) is 6.54. The minimum Gasteiger partial charge on any atom is -0.460 e. The smallest absolute Gasteiger partial charge is 0.408 e. The highest BCUT2D eigenvalue weighted by Crippen LogP contribution is 2.42. The fourth-order valence-corrected chi connectivity index (χ4v) is 6.93. The molecule has 0 saturated heterocycles. The molecule has 0 spiro atoms. The van der Waals surface area contributed by atoms with Crippen LogP contribution in [0.5, 0.6) is 0 Å². The van der Waals surface area contributed by atoms with E-state index in [2.05, 4.69) is 23.8 Å². The fraction of sp³-hybridized carbons (Fsp3) is 0.200. The fourth-order valence-electron chi connectivity index (χ4n) is 6.93. The minimum absolute atomic E-state index is 0.0212. The van der Waals surface area contributed by atoms with Crippen LogP contribution in [-0.4, -0.2) is 50.4 Å². The SMILES string of the molecule is C=C(C)C(=O)OCCNC(=O)OC(c1ccc(C)cc1)(c1ccc(C)cc1)c1ccc(C)cc1.C=C(C)C(=O)OCCNC(=O)OC(c1ccccc1)(c1ccccc1)c1ccccc1. The van der Waals surface area contributed by atoms with Crippen LogP contribution in [0, 0.1) is 20.8 Å². The Morgan fingerprint density at radius 2 is 0.662 bits per heavy atom. The maximum atomic E-state index is 13.1. The van der Waals surface area contributed by atoms with Crippen molar-refractivity contribution in [2.45, 2.75) is 45.8 Å². The number of amides is 2. The number of alkyl carbamates (subject to hydrolysis) is 2. The molecule has 0 heterocycles. The van der Waals surface area contributed by atoms with Gasteiger partial charge < -0.3 is 29.6 Å². The first kappa shape index (κ1) is 48.3. The third kappa shape index (κ3) is 12.7. The van der Waals surface area contributed by atoms with E-state index >= 15 is 0 Å². The van der Waals surface area contributed by atoms with Gasteiger partial charge in [0.2, 0.25) is 0 Å². The van der Waals surface area contributed by atoms with Gasteiger partial charge in [-0.15, -0.1) is 0 Å². The summed E-state index contributed by atoms with van der Waals surface area (Å²) in [6.07, 6.45) is -1.24. The van der Waals surface area contributed by atoms with Gasteiger partial charge in [-0.05, 0) is 34.6 Å². The third-order valence-electron chi connectivity index (χ3n) is 10.3. The van der Waals surface area contributed by atoms with Crippen molar-refractivity contribution in [2.24, 2.45) is 0 Å². The van der Waals surface area contributed by atoms with Gasteiger partial charge in [0.25, 0.3) is 0 Å². The van der Waals surface area contributed by atoms with Crippen molar-refractivity contribution in [3.8, 4) is 0 Å². The van der Waals surface area contributed by atoms with E-state index in [1.807, 2.05) is 185 Å². The standard InChI is InChI=1S/C29H31NO4.C26H25NO4/c1-20(2)27(31)33-19-18-30-28(32)34-29(24-12-6-21(3)7-13-24,25-14-8-22(4)9-15-25)26-16-10-23(5)11-17-26;1-20(2)24(28)30-19-18-27-25(29)31-26(21-12-6-3-7-13-21,22-14-8-4-9-15-22)23-16-10-5-11-17-23/h6-17H,1,18-19H2,2-5H3,(H,30,32);3-17H,1,18-19H2,2H3,(H,27,29). The van der Waals surface area contributed by atoms with E-state index in [0.29, 0.717) is 11.1 Å². The molecule has 2 amide bonds. The van der Waals surface area contributed by atoms with Crippen LogP contribution in [0.1, 0.15) is 63.9 Å². The van der Waals surface area contributed by atoms with Crippen LogP contribution in [0.3, 0.4) is 0 Å². The molecule has 6 aromatic rings. The summed E-state index contributed by atoms with van der Waals surface area (Å²) in [5, 5.41) is 5.38. The van der Waals surface area contributed by atoms with Crippen molar-refractivity contribution < 1.29 is 38.1 Å². The molecule has 0 aromatic heterocycles. The van der Waals surface area contributed by atoms with Gasteiger partial charge in [0, 0.05) is 44.5 Å². The molecule has 334 valence electrons. The summed E-state index contributed by atoms with van der Waals surface area (Å²) >= 11 is 0. The molecule has 0 aliphatic heterocycles. The van der Waals surface area contributed by atoms with E-state index in [1.165, 1.54) is 0 Å². The zero-order valence-corrected chi connectivity index (χ0v) is 37.6. The number of carbonyl (C=O) groups is 4. The minimum atomic E-state index is -1.17. The molecule has 65 heavy (non-hydrogen) atoms. The van der Waals surface area contributed by atoms with Crippen molar-refractivity contribution in [2.75, 3.05) is 26.3 Å².